The molecule has 2 aliphatic carbocycles. The van der Waals surface area contributed by atoms with Gasteiger partial charge in [0.1, 0.15) is 0 Å². The van der Waals surface area contributed by atoms with Crippen molar-refractivity contribution in [2.24, 2.45) is 23.2 Å². The Morgan fingerprint density at radius 3 is 2.58 bits per heavy atom. The molecule has 0 saturated heterocycles. The molecule has 0 aliphatic heterocycles. The normalized spacial score (nSPS) is 31.4. The van der Waals surface area contributed by atoms with E-state index in [0.717, 1.165) is 19.3 Å². The summed E-state index contributed by atoms with van der Waals surface area (Å²) >= 11 is 0. The number of hydrogen-bond donors (Lipinski definition) is 1. The maximum atomic E-state index is 12.8. The number of carbonyl (C=O) groups is 2. The summed E-state index contributed by atoms with van der Waals surface area (Å²) in [7, 11) is 3.14. The zero-order valence-electron chi connectivity index (χ0n) is 17.3. The molecule has 2 rings (SSSR count). The number of allylic oxidation sites excluding steroid dienone is 1. The van der Waals surface area contributed by atoms with Crippen LogP contribution in [0.15, 0.2) is 11.6 Å². The number of methoxy groups -OCH3 is 1. The predicted octanol–water partition coefficient (Wildman–Crippen LogP) is 3.00. The van der Waals surface area contributed by atoms with Crippen LogP contribution in [0.2, 0.25) is 0 Å². The number of carbonyl (C=O) groups excluding carboxylic acids is 2. The van der Waals surface area contributed by atoms with Crippen LogP contribution in [0.25, 0.3) is 0 Å². The highest BCUT2D eigenvalue weighted by Crippen LogP contribution is 2.53. The van der Waals surface area contributed by atoms with E-state index < -0.39 is 0 Å². The molecule has 0 unspecified atom stereocenters. The van der Waals surface area contributed by atoms with Crippen LogP contribution in [0.3, 0.4) is 0 Å². The Morgan fingerprint density at radius 2 is 2.04 bits per heavy atom. The third-order valence-corrected chi connectivity index (χ3v) is 6.54. The molecule has 2 aliphatic rings. The van der Waals surface area contributed by atoms with Crippen molar-refractivity contribution in [1.82, 2.24) is 10.2 Å². The first-order chi connectivity index (χ1) is 12.2. The average molecular weight is 365 g/mol. The van der Waals surface area contributed by atoms with E-state index in [0.29, 0.717) is 17.8 Å². The quantitative estimate of drug-likeness (QED) is 0.581. The standard InChI is InChI=1S/C21H36N2O3/c1-14(2)17-8-7-16(4)21(10-9-15(3)11-21)20(17)22-18(24)12-23(5)13-19(25)26-6/h11,14,16-17,20H,7-10,12-13H2,1-6H3,(H,22,24)/t16-,17-,20+,21+/m0/s1. The molecule has 0 radical (unpaired) electrons. The fourth-order valence-corrected chi connectivity index (χ4v) is 5.00. The van der Waals surface area contributed by atoms with Crippen LogP contribution in [0.1, 0.15) is 53.4 Å². The molecule has 5 nitrogen and oxygen atoms in total. The maximum Gasteiger partial charge on any atom is 0.319 e. The smallest absolute Gasteiger partial charge is 0.319 e. The lowest BCUT2D eigenvalue weighted by atomic mass is 9.58. The van der Waals surface area contributed by atoms with Crippen molar-refractivity contribution in [3.8, 4) is 0 Å². The Morgan fingerprint density at radius 1 is 1.35 bits per heavy atom. The minimum absolute atomic E-state index is 0.00141. The van der Waals surface area contributed by atoms with Gasteiger partial charge in [-0.05, 0) is 57.4 Å². The van der Waals surface area contributed by atoms with Gasteiger partial charge in [0.05, 0.1) is 20.2 Å². The highest BCUT2D eigenvalue weighted by molar-refractivity contribution is 5.79. The van der Waals surface area contributed by atoms with Gasteiger partial charge >= 0.3 is 5.97 Å². The fraction of sp³-hybridized carbons (Fsp3) is 0.810. The van der Waals surface area contributed by atoms with E-state index in [9.17, 15) is 9.59 Å². The van der Waals surface area contributed by atoms with Gasteiger partial charge in [0.15, 0.2) is 0 Å². The molecule has 26 heavy (non-hydrogen) atoms. The van der Waals surface area contributed by atoms with Gasteiger partial charge in [-0.25, -0.2) is 0 Å². The molecular formula is C21H36N2O3. The first-order valence-electron chi connectivity index (χ1n) is 9.92. The van der Waals surface area contributed by atoms with E-state index in [1.165, 1.54) is 19.1 Å². The fourth-order valence-electron chi connectivity index (χ4n) is 5.00. The van der Waals surface area contributed by atoms with Crippen molar-refractivity contribution >= 4 is 11.9 Å². The second-order valence-corrected chi connectivity index (χ2v) is 8.78. The van der Waals surface area contributed by atoms with Crippen molar-refractivity contribution in [2.75, 3.05) is 27.2 Å². The second-order valence-electron chi connectivity index (χ2n) is 8.78. The summed E-state index contributed by atoms with van der Waals surface area (Å²) in [6.45, 7) is 9.43. The Kier molecular flexibility index (Phi) is 6.89. The molecule has 1 spiro atoms. The molecule has 0 aromatic rings. The van der Waals surface area contributed by atoms with Gasteiger partial charge in [0, 0.05) is 11.5 Å². The third-order valence-electron chi connectivity index (χ3n) is 6.54. The van der Waals surface area contributed by atoms with E-state index in [1.807, 2.05) is 0 Å². The molecule has 0 aromatic carbocycles. The van der Waals surface area contributed by atoms with Crippen LogP contribution < -0.4 is 5.32 Å². The summed E-state index contributed by atoms with van der Waals surface area (Å²) in [6, 6.07) is 0.169. The number of ether oxygens (including phenoxy) is 1. The van der Waals surface area contributed by atoms with E-state index in [2.05, 4.69) is 43.8 Å². The van der Waals surface area contributed by atoms with Crippen molar-refractivity contribution in [2.45, 2.75) is 59.4 Å². The zero-order valence-corrected chi connectivity index (χ0v) is 17.3. The van der Waals surface area contributed by atoms with E-state index in [1.54, 1.807) is 11.9 Å². The van der Waals surface area contributed by atoms with Crippen LogP contribution in [0.5, 0.6) is 0 Å². The van der Waals surface area contributed by atoms with Crippen LogP contribution in [-0.4, -0.2) is 50.1 Å². The summed E-state index contributed by atoms with van der Waals surface area (Å²) in [5.74, 6) is 1.28. The average Bonchev–Trinajstić information content (AvgIpc) is 2.94. The first kappa shape index (κ1) is 20.9. The van der Waals surface area contributed by atoms with Crippen molar-refractivity contribution in [3.63, 3.8) is 0 Å². The number of nitrogens with zero attached hydrogens (tertiary/aromatic N) is 1. The third kappa shape index (κ3) is 4.48. The Bertz CT molecular complexity index is 557. The Hall–Kier alpha value is -1.36. The maximum absolute atomic E-state index is 12.8. The Labute approximate surface area is 158 Å². The molecule has 1 fully saturated rings. The topological polar surface area (TPSA) is 58.6 Å². The number of hydrogen-bond acceptors (Lipinski definition) is 4. The van der Waals surface area contributed by atoms with Gasteiger partial charge < -0.3 is 10.1 Å². The molecule has 148 valence electrons. The van der Waals surface area contributed by atoms with Gasteiger partial charge in [-0.3, -0.25) is 14.5 Å². The Balaban J connectivity index is 2.15. The molecule has 0 heterocycles. The van der Waals surface area contributed by atoms with Gasteiger partial charge in [0.25, 0.3) is 0 Å². The number of rotatable bonds is 6. The van der Waals surface area contributed by atoms with Crippen molar-refractivity contribution in [1.29, 1.82) is 0 Å². The summed E-state index contributed by atoms with van der Waals surface area (Å²) < 4.78 is 4.68. The monoisotopic (exact) mass is 364 g/mol. The molecule has 5 heteroatoms. The number of likely N-dealkylation sites (N-methyl/N-ethyl adjacent to an activating group) is 1. The van der Waals surface area contributed by atoms with Crippen LogP contribution in [-0.2, 0) is 14.3 Å². The zero-order chi connectivity index (χ0) is 19.5. The molecule has 1 saturated carbocycles. The highest BCUT2D eigenvalue weighted by Gasteiger charge is 2.51. The van der Waals surface area contributed by atoms with Gasteiger partial charge in [-0.2, -0.15) is 0 Å². The summed E-state index contributed by atoms with van der Waals surface area (Å²) in [6.07, 6.45) is 7.10. The molecular weight excluding hydrogens is 328 g/mol. The van der Waals surface area contributed by atoms with Crippen LogP contribution >= 0.6 is 0 Å². The van der Waals surface area contributed by atoms with E-state index in [-0.39, 0.29) is 36.4 Å². The van der Waals surface area contributed by atoms with Crippen molar-refractivity contribution in [3.05, 3.63) is 11.6 Å². The second kappa shape index (κ2) is 8.55. The van der Waals surface area contributed by atoms with Gasteiger partial charge in [-0.15, -0.1) is 0 Å². The summed E-state index contributed by atoms with van der Waals surface area (Å²) in [5.41, 5.74) is 1.52. The number of esters is 1. The molecule has 4 atom stereocenters. The lowest BCUT2D eigenvalue weighted by Gasteiger charge is -2.51. The molecule has 1 N–H and O–H groups in total. The van der Waals surface area contributed by atoms with Crippen LogP contribution in [0.4, 0.5) is 0 Å². The lowest BCUT2D eigenvalue weighted by Crippen LogP contribution is -2.58. The molecule has 0 aromatic heterocycles. The number of nitrogens with one attached hydrogen (secondary N) is 1. The lowest BCUT2D eigenvalue weighted by molar-refractivity contribution is -0.141. The SMILES string of the molecule is COC(=O)CN(C)CC(=O)N[C@@H]1[C@H](C(C)C)CC[C@H](C)[C@@]12C=C(C)CC2. The van der Waals surface area contributed by atoms with E-state index >= 15 is 0 Å². The largest absolute Gasteiger partial charge is 0.468 e. The summed E-state index contributed by atoms with van der Waals surface area (Å²) in [5, 5.41) is 3.38. The summed E-state index contributed by atoms with van der Waals surface area (Å²) in [4.78, 5) is 25.9. The minimum atomic E-state index is -0.322. The molecule has 1 amide bonds. The number of amides is 1. The van der Waals surface area contributed by atoms with Crippen LogP contribution in [0, 0.1) is 23.2 Å². The van der Waals surface area contributed by atoms with Gasteiger partial charge in [-0.1, -0.05) is 32.4 Å². The van der Waals surface area contributed by atoms with Gasteiger partial charge in [0.2, 0.25) is 5.91 Å². The predicted molar refractivity (Wildman–Crippen MR) is 104 cm³/mol. The minimum Gasteiger partial charge on any atom is -0.468 e. The molecule has 0 bridgehead atoms. The van der Waals surface area contributed by atoms with E-state index in [4.69, 9.17) is 0 Å². The first-order valence-corrected chi connectivity index (χ1v) is 9.92. The van der Waals surface area contributed by atoms with Crippen molar-refractivity contribution < 1.29 is 14.3 Å². The highest BCUT2D eigenvalue weighted by atomic mass is 16.5.